The Bertz CT molecular complexity index is 881. The molecule has 1 aromatic carbocycles. The predicted molar refractivity (Wildman–Crippen MR) is 110 cm³/mol. The Morgan fingerprint density at radius 3 is 2.63 bits per heavy atom. The van der Waals surface area contributed by atoms with E-state index in [1.165, 1.54) is 31.4 Å². The molecule has 162 valence electrons. The summed E-state index contributed by atoms with van der Waals surface area (Å²) in [5.74, 6) is 1.38. The summed E-state index contributed by atoms with van der Waals surface area (Å²) in [6.45, 7) is 3.36. The van der Waals surface area contributed by atoms with E-state index in [1.807, 2.05) is 6.07 Å². The Balaban J connectivity index is 1.51. The summed E-state index contributed by atoms with van der Waals surface area (Å²) >= 11 is 0. The number of aromatic nitrogens is 2. The van der Waals surface area contributed by atoms with Crippen molar-refractivity contribution in [3.05, 3.63) is 41.1 Å². The molecule has 1 saturated carbocycles. The van der Waals surface area contributed by atoms with E-state index in [0.717, 1.165) is 41.9 Å². The van der Waals surface area contributed by atoms with Gasteiger partial charge in [-0.05, 0) is 48.9 Å². The summed E-state index contributed by atoms with van der Waals surface area (Å²) in [5.41, 5.74) is 2.87. The van der Waals surface area contributed by atoms with Crippen LogP contribution >= 0.6 is 0 Å². The molecule has 5 nitrogen and oxygen atoms in total. The third kappa shape index (κ3) is 5.15. The molecular weight excluding hydrogens is 393 g/mol. The van der Waals surface area contributed by atoms with Gasteiger partial charge in [0.1, 0.15) is 11.6 Å². The number of halogens is 3. The lowest BCUT2D eigenvalue weighted by Gasteiger charge is -2.31. The second kappa shape index (κ2) is 8.70. The standard InChI is InChI=1S/C22H27F3N4O/c1-2-17-13-20(28-21(26-17)27-18-6-4-3-5-7-18)29-11-10-15-12-19(30-22(23,24)25)9-8-16(15)14-29/h8-9,12-13,18H,2-7,10-11,14H2,1H3,(H,26,27,28). The van der Waals surface area contributed by atoms with Gasteiger partial charge in [0.2, 0.25) is 5.95 Å². The lowest BCUT2D eigenvalue weighted by Crippen LogP contribution is -2.32. The Hall–Kier alpha value is -2.51. The van der Waals surface area contributed by atoms with Crippen LogP contribution in [-0.4, -0.2) is 28.9 Å². The fraction of sp³-hybridized carbons (Fsp3) is 0.545. The topological polar surface area (TPSA) is 50.3 Å². The smallest absolute Gasteiger partial charge is 0.406 e. The van der Waals surface area contributed by atoms with Gasteiger partial charge in [-0.2, -0.15) is 4.98 Å². The van der Waals surface area contributed by atoms with E-state index in [1.54, 1.807) is 6.07 Å². The van der Waals surface area contributed by atoms with Gasteiger partial charge in [0.25, 0.3) is 0 Å². The number of alkyl halides is 3. The van der Waals surface area contributed by atoms with Crippen LogP contribution in [0.4, 0.5) is 24.9 Å². The van der Waals surface area contributed by atoms with Gasteiger partial charge in [-0.15, -0.1) is 13.2 Å². The van der Waals surface area contributed by atoms with Crippen molar-refractivity contribution >= 4 is 11.8 Å². The maximum absolute atomic E-state index is 12.5. The number of nitrogens with one attached hydrogen (secondary N) is 1. The van der Waals surface area contributed by atoms with E-state index in [9.17, 15) is 13.2 Å². The van der Waals surface area contributed by atoms with Crippen LogP contribution < -0.4 is 15.0 Å². The highest BCUT2D eigenvalue weighted by atomic mass is 19.4. The number of aryl methyl sites for hydroxylation is 1. The monoisotopic (exact) mass is 420 g/mol. The average Bonchev–Trinajstić information content (AvgIpc) is 2.72. The van der Waals surface area contributed by atoms with Gasteiger partial charge in [0.05, 0.1) is 0 Å². The van der Waals surface area contributed by atoms with Crippen molar-refractivity contribution in [2.24, 2.45) is 0 Å². The second-order valence-corrected chi connectivity index (χ2v) is 8.02. The summed E-state index contributed by atoms with van der Waals surface area (Å²) in [7, 11) is 0. The van der Waals surface area contributed by atoms with Crippen LogP contribution in [0.3, 0.4) is 0 Å². The van der Waals surface area contributed by atoms with E-state index >= 15 is 0 Å². The highest BCUT2D eigenvalue weighted by molar-refractivity contribution is 5.49. The molecule has 4 rings (SSSR count). The molecule has 1 fully saturated rings. The molecule has 0 amide bonds. The first-order valence-electron chi connectivity index (χ1n) is 10.7. The summed E-state index contributed by atoms with van der Waals surface area (Å²) in [4.78, 5) is 11.6. The zero-order chi connectivity index (χ0) is 21.1. The van der Waals surface area contributed by atoms with Crippen molar-refractivity contribution in [3.8, 4) is 5.75 Å². The first-order valence-corrected chi connectivity index (χ1v) is 10.7. The highest BCUT2D eigenvalue weighted by Crippen LogP contribution is 2.30. The molecule has 2 aliphatic rings. The number of anilines is 2. The molecule has 2 heterocycles. The first-order chi connectivity index (χ1) is 14.4. The Labute approximate surface area is 174 Å². The van der Waals surface area contributed by atoms with Gasteiger partial charge in [-0.1, -0.05) is 32.3 Å². The van der Waals surface area contributed by atoms with Crippen LogP contribution in [0.2, 0.25) is 0 Å². The maximum Gasteiger partial charge on any atom is 0.573 e. The molecule has 1 aliphatic carbocycles. The van der Waals surface area contributed by atoms with Crippen LogP contribution in [0.5, 0.6) is 5.75 Å². The molecule has 8 heteroatoms. The molecule has 0 radical (unpaired) electrons. The van der Waals surface area contributed by atoms with Gasteiger partial charge in [-0.3, -0.25) is 0 Å². The van der Waals surface area contributed by atoms with E-state index in [-0.39, 0.29) is 5.75 Å². The Morgan fingerprint density at radius 2 is 1.90 bits per heavy atom. The molecule has 1 aromatic heterocycles. The Kier molecular flexibility index (Phi) is 6.01. The van der Waals surface area contributed by atoms with Gasteiger partial charge < -0.3 is 15.0 Å². The molecular formula is C22H27F3N4O. The summed E-state index contributed by atoms with van der Waals surface area (Å²) in [6, 6.07) is 7.02. The molecule has 0 saturated heterocycles. The fourth-order valence-corrected chi connectivity index (χ4v) is 4.24. The number of nitrogens with zero attached hydrogens (tertiary/aromatic N) is 3. The molecule has 0 atom stereocenters. The minimum absolute atomic E-state index is 0.163. The van der Waals surface area contributed by atoms with Crippen LogP contribution in [0, 0.1) is 0 Å². The minimum Gasteiger partial charge on any atom is -0.406 e. The number of ether oxygens (including phenoxy) is 1. The van der Waals surface area contributed by atoms with E-state index in [2.05, 4.69) is 26.9 Å². The van der Waals surface area contributed by atoms with Gasteiger partial charge >= 0.3 is 6.36 Å². The van der Waals surface area contributed by atoms with Crippen LogP contribution in [-0.2, 0) is 19.4 Å². The molecule has 0 bridgehead atoms. The normalized spacial score (nSPS) is 17.5. The minimum atomic E-state index is -4.67. The molecule has 2 aromatic rings. The van der Waals surface area contributed by atoms with Crippen LogP contribution in [0.1, 0.15) is 55.8 Å². The van der Waals surface area contributed by atoms with E-state index in [0.29, 0.717) is 31.5 Å². The number of hydrogen-bond donors (Lipinski definition) is 1. The number of fused-ring (bicyclic) bond motifs is 1. The maximum atomic E-state index is 12.5. The van der Waals surface area contributed by atoms with Crippen molar-refractivity contribution < 1.29 is 17.9 Å². The summed E-state index contributed by atoms with van der Waals surface area (Å²) in [6.07, 6.45) is 2.85. The zero-order valence-corrected chi connectivity index (χ0v) is 17.1. The van der Waals surface area contributed by atoms with Gasteiger partial charge in [0.15, 0.2) is 0 Å². The predicted octanol–water partition coefficient (Wildman–Crippen LogP) is 5.24. The third-order valence-corrected chi connectivity index (χ3v) is 5.81. The van der Waals surface area contributed by atoms with Crippen molar-refractivity contribution in [1.29, 1.82) is 0 Å². The number of rotatable bonds is 5. The number of hydrogen-bond acceptors (Lipinski definition) is 5. The van der Waals surface area contributed by atoms with Gasteiger partial charge in [0, 0.05) is 30.9 Å². The van der Waals surface area contributed by atoms with E-state index < -0.39 is 6.36 Å². The van der Waals surface area contributed by atoms with Crippen LogP contribution in [0.15, 0.2) is 24.3 Å². The van der Waals surface area contributed by atoms with Crippen molar-refractivity contribution in [2.75, 3.05) is 16.8 Å². The van der Waals surface area contributed by atoms with Crippen molar-refractivity contribution in [1.82, 2.24) is 9.97 Å². The lowest BCUT2D eigenvalue weighted by molar-refractivity contribution is -0.274. The SMILES string of the molecule is CCc1cc(N2CCc3cc(OC(F)(F)F)ccc3C2)nc(NC2CCCCC2)n1. The highest BCUT2D eigenvalue weighted by Gasteiger charge is 2.31. The fourth-order valence-electron chi connectivity index (χ4n) is 4.24. The number of benzene rings is 1. The van der Waals surface area contributed by atoms with Crippen molar-refractivity contribution in [2.45, 2.75) is 70.8 Å². The zero-order valence-electron chi connectivity index (χ0n) is 17.1. The summed E-state index contributed by atoms with van der Waals surface area (Å²) < 4.78 is 41.5. The van der Waals surface area contributed by atoms with Crippen molar-refractivity contribution in [3.63, 3.8) is 0 Å². The molecule has 1 aliphatic heterocycles. The van der Waals surface area contributed by atoms with Crippen LogP contribution in [0.25, 0.3) is 0 Å². The summed E-state index contributed by atoms with van der Waals surface area (Å²) in [5, 5.41) is 3.51. The second-order valence-electron chi connectivity index (χ2n) is 8.02. The average molecular weight is 420 g/mol. The Morgan fingerprint density at radius 1 is 1.10 bits per heavy atom. The molecule has 30 heavy (non-hydrogen) atoms. The quantitative estimate of drug-likeness (QED) is 0.716. The first kappa shape index (κ1) is 20.8. The van der Waals surface area contributed by atoms with E-state index in [4.69, 9.17) is 4.98 Å². The molecule has 0 spiro atoms. The lowest BCUT2D eigenvalue weighted by atomic mass is 9.96. The molecule has 1 N–H and O–H groups in total. The van der Waals surface area contributed by atoms with Gasteiger partial charge in [-0.25, -0.2) is 4.98 Å². The third-order valence-electron chi connectivity index (χ3n) is 5.81. The largest absolute Gasteiger partial charge is 0.573 e. The molecule has 0 unspecified atom stereocenters.